The van der Waals surface area contributed by atoms with Crippen molar-refractivity contribution in [3.63, 3.8) is 0 Å². The summed E-state index contributed by atoms with van der Waals surface area (Å²) in [5.41, 5.74) is 6.75. The SMILES string of the molecule is C[C@@H](N)CCc1cnnn1C. The standard InChI is InChI=1S/C7H14N4/c1-6(8)3-4-7-5-9-10-11(7)2/h5-6H,3-4,8H2,1-2H3/t6-/m1/s1. The van der Waals surface area contributed by atoms with Gasteiger partial charge in [0.05, 0.1) is 11.9 Å². The van der Waals surface area contributed by atoms with Gasteiger partial charge in [-0.25, -0.2) is 0 Å². The Morgan fingerprint density at radius 1 is 1.73 bits per heavy atom. The van der Waals surface area contributed by atoms with Gasteiger partial charge in [-0.2, -0.15) is 0 Å². The molecule has 0 amide bonds. The molecule has 62 valence electrons. The van der Waals surface area contributed by atoms with Gasteiger partial charge in [0.25, 0.3) is 0 Å². The van der Waals surface area contributed by atoms with Gasteiger partial charge in [0.2, 0.25) is 0 Å². The van der Waals surface area contributed by atoms with Gasteiger partial charge in [0.1, 0.15) is 0 Å². The molecule has 1 heterocycles. The predicted octanol–water partition coefficient (Wildman–Crippen LogP) is 0.0949. The first-order valence-corrected chi connectivity index (χ1v) is 3.79. The van der Waals surface area contributed by atoms with Gasteiger partial charge < -0.3 is 5.73 Å². The van der Waals surface area contributed by atoms with E-state index in [2.05, 4.69) is 10.3 Å². The summed E-state index contributed by atoms with van der Waals surface area (Å²) in [5, 5.41) is 7.59. The molecule has 0 radical (unpaired) electrons. The molecule has 1 aromatic heterocycles. The zero-order chi connectivity index (χ0) is 8.27. The van der Waals surface area contributed by atoms with Crippen molar-refractivity contribution in [2.45, 2.75) is 25.8 Å². The maximum atomic E-state index is 5.61. The van der Waals surface area contributed by atoms with Crippen molar-refractivity contribution >= 4 is 0 Å². The summed E-state index contributed by atoms with van der Waals surface area (Å²) in [7, 11) is 1.89. The summed E-state index contributed by atoms with van der Waals surface area (Å²) < 4.78 is 1.78. The predicted molar refractivity (Wildman–Crippen MR) is 43.0 cm³/mol. The maximum Gasteiger partial charge on any atom is 0.0724 e. The van der Waals surface area contributed by atoms with Crippen LogP contribution in [0.1, 0.15) is 19.0 Å². The van der Waals surface area contributed by atoms with E-state index in [0.29, 0.717) is 0 Å². The zero-order valence-corrected chi connectivity index (χ0v) is 6.99. The molecule has 0 aliphatic rings. The summed E-state index contributed by atoms with van der Waals surface area (Å²) in [5.74, 6) is 0. The first-order valence-electron chi connectivity index (χ1n) is 3.79. The summed E-state index contributed by atoms with van der Waals surface area (Å²) in [6.45, 7) is 2.00. The molecule has 0 aliphatic heterocycles. The Hall–Kier alpha value is -0.900. The van der Waals surface area contributed by atoms with Crippen molar-refractivity contribution in [3.05, 3.63) is 11.9 Å². The lowest BCUT2D eigenvalue weighted by Crippen LogP contribution is -2.16. The molecule has 0 bridgehead atoms. The number of hydrogen-bond donors (Lipinski definition) is 1. The van der Waals surface area contributed by atoms with Crippen LogP contribution in [-0.4, -0.2) is 21.0 Å². The van der Waals surface area contributed by atoms with Gasteiger partial charge in [-0.1, -0.05) is 5.21 Å². The number of nitrogens with two attached hydrogens (primary N) is 1. The number of aryl methyl sites for hydroxylation is 2. The second-order valence-corrected chi connectivity index (χ2v) is 2.86. The van der Waals surface area contributed by atoms with Gasteiger partial charge >= 0.3 is 0 Å². The van der Waals surface area contributed by atoms with E-state index in [1.54, 1.807) is 10.9 Å². The molecule has 0 saturated heterocycles. The number of rotatable bonds is 3. The lowest BCUT2D eigenvalue weighted by Gasteiger charge is -2.03. The van der Waals surface area contributed by atoms with Gasteiger partial charge in [-0.15, -0.1) is 5.10 Å². The van der Waals surface area contributed by atoms with Crippen LogP contribution in [-0.2, 0) is 13.5 Å². The molecule has 4 heteroatoms. The topological polar surface area (TPSA) is 56.7 Å². The van der Waals surface area contributed by atoms with Crippen molar-refractivity contribution < 1.29 is 0 Å². The van der Waals surface area contributed by atoms with Crippen LogP contribution in [0, 0.1) is 0 Å². The Morgan fingerprint density at radius 2 is 2.45 bits per heavy atom. The van der Waals surface area contributed by atoms with Crippen LogP contribution < -0.4 is 5.73 Å². The van der Waals surface area contributed by atoms with Gasteiger partial charge in [0.15, 0.2) is 0 Å². The van der Waals surface area contributed by atoms with Crippen molar-refractivity contribution in [1.29, 1.82) is 0 Å². The summed E-state index contributed by atoms with van der Waals surface area (Å²) in [6.07, 6.45) is 3.73. The number of hydrogen-bond acceptors (Lipinski definition) is 3. The second-order valence-electron chi connectivity index (χ2n) is 2.86. The van der Waals surface area contributed by atoms with E-state index in [1.807, 2.05) is 14.0 Å². The monoisotopic (exact) mass is 154 g/mol. The van der Waals surface area contributed by atoms with Crippen molar-refractivity contribution in [3.8, 4) is 0 Å². The van der Waals surface area contributed by atoms with Crippen LogP contribution in [0.25, 0.3) is 0 Å². The highest BCUT2D eigenvalue weighted by Gasteiger charge is 2.00. The Bertz CT molecular complexity index is 216. The van der Waals surface area contributed by atoms with E-state index in [1.165, 1.54) is 0 Å². The molecular weight excluding hydrogens is 140 g/mol. The summed E-state index contributed by atoms with van der Waals surface area (Å²) in [6, 6.07) is 0.255. The van der Waals surface area contributed by atoms with E-state index in [4.69, 9.17) is 5.73 Å². The molecule has 11 heavy (non-hydrogen) atoms. The summed E-state index contributed by atoms with van der Waals surface area (Å²) >= 11 is 0. The van der Waals surface area contributed by atoms with E-state index in [-0.39, 0.29) is 6.04 Å². The minimum absolute atomic E-state index is 0.255. The van der Waals surface area contributed by atoms with Crippen molar-refractivity contribution in [2.75, 3.05) is 0 Å². The van der Waals surface area contributed by atoms with E-state index in [9.17, 15) is 0 Å². The number of nitrogens with zero attached hydrogens (tertiary/aromatic N) is 3. The lowest BCUT2D eigenvalue weighted by molar-refractivity contribution is 0.617. The maximum absolute atomic E-state index is 5.61. The fourth-order valence-electron chi connectivity index (χ4n) is 0.913. The molecule has 0 unspecified atom stereocenters. The van der Waals surface area contributed by atoms with Gasteiger partial charge in [0, 0.05) is 13.1 Å². The van der Waals surface area contributed by atoms with Crippen molar-refractivity contribution in [1.82, 2.24) is 15.0 Å². The molecule has 0 saturated carbocycles. The number of aromatic nitrogens is 3. The van der Waals surface area contributed by atoms with Gasteiger partial charge in [-0.3, -0.25) is 4.68 Å². The third-order valence-corrected chi connectivity index (χ3v) is 1.66. The average molecular weight is 154 g/mol. The first kappa shape index (κ1) is 8.20. The molecule has 0 spiro atoms. The fourth-order valence-corrected chi connectivity index (χ4v) is 0.913. The van der Waals surface area contributed by atoms with E-state index in [0.717, 1.165) is 18.5 Å². The van der Waals surface area contributed by atoms with Crippen LogP contribution in [0.3, 0.4) is 0 Å². The highest BCUT2D eigenvalue weighted by molar-refractivity contribution is 4.93. The molecule has 1 atom stereocenters. The van der Waals surface area contributed by atoms with Crippen LogP contribution in [0.15, 0.2) is 6.20 Å². The molecule has 0 aliphatic carbocycles. The van der Waals surface area contributed by atoms with Gasteiger partial charge in [-0.05, 0) is 19.8 Å². The molecule has 0 aromatic carbocycles. The Kier molecular flexibility index (Phi) is 2.59. The highest BCUT2D eigenvalue weighted by Crippen LogP contribution is 1.99. The zero-order valence-electron chi connectivity index (χ0n) is 6.99. The Labute approximate surface area is 66.4 Å². The Morgan fingerprint density at radius 3 is 2.91 bits per heavy atom. The van der Waals surface area contributed by atoms with Crippen molar-refractivity contribution in [2.24, 2.45) is 12.8 Å². The minimum atomic E-state index is 0.255. The lowest BCUT2D eigenvalue weighted by atomic mass is 10.1. The average Bonchev–Trinajstić information content (AvgIpc) is 2.31. The quantitative estimate of drug-likeness (QED) is 0.671. The summed E-state index contributed by atoms with van der Waals surface area (Å²) in [4.78, 5) is 0. The second kappa shape index (κ2) is 3.48. The Balaban J connectivity index is 2.44. The molecule has 4 nitrogen and oxygen atoms in total. The van der Waals surface area contributed by atoms with E-state index < -0.39 is 0 Å². The fraction of sp³-hybridized carbons (Fsp3) is 0.714. The van der Waals surface area contributed by atoms with Crippen LogP contribution in [0.4, 0.5) is 0 Å². The third kappa shape index (κ3) is 2.31. The molecule has 1 aromatic rings. The van der Waals surface area contributed by atoms with Crippen LogP contribution >= 0.6 is 0 Å². The third-order valence-electron chi connectivity index (χ3n) is 1.66. The molecule has 2 N–H and O–H groups in total. The largest absolute Gasteiger partial charge is 0.328 e. The molecular formula is C7H14N4. The first-order chi connectivity index (χ1) is 5.20. The van der Waals surface area contributed by atoms with Crippen LogP contribution in [0.2, 0.25) is 0 Å². The van der Waals surface area contributed by atoms with E-state index >= 15 is 0 Å². The highest BCUT2D eigenvalue weighted by atomic mass is 15.4. The smallest absolute Gasteiger partial charge is 0.0724 e. The minimum Gasteiger partial charge on any atom is -0.328 e. The molecule has 0 fully saturated rings. The van der Waals surface area contributed by atoms with Crippen LogP contribution in [0.5, 0.6) is 0 Å². The molecule has 1 rings (SSSR count). The normalized spacial score (nSPS) is 13.4.